The Morgan fingerprint density at radius 3 is 1.20 bits per heavy atom. The average Bonchev–Trinajstić information content (AvgIpc) is 2.65. The Kier molecular flexibility index (Phi) is 6.52. The van der Waals surface area contributed by atoms with E-state index < -0.39 is 16.1 Å². The van der Waals surface area contributed by atoms with E-state index in [2.05, 4.69) is 62.2 Å². The average molecular weight is 510 g/mol. The van der Waals surface area contributed by atoms with Crippen molar-refractivity contribution in [2.24, 2.45) is 0 Å². The van der Waals surface area contributed by atoms with Crippen molar-refractivity contribution in [1.29, 1.82) is 0 Å². The molecule has 0 atom stereocenters. The largest absolute Gasteiger partial charge is 0.241 e. The second-order valence-electron chi connectivity index (χ2n) is 9.03. The number of fused-ring (bicyclic) bond motifs is 2. The molecule has 3 aromatic rings. The summed E-state index contributed by atoms with van der Waals surface area (Å²) in [5.74, 6) is 6.57. The molecule has 0 aliphatic heterocycles. The van der Waals surface area contributed by atoms with Crippen LogP contribution in [0.5, 0.6) is 0 Å². The summed E-state index contributed by atoms with van der Waals surface area (Å²) in [6, 6.07) is 3.88. The van der Waals surface area contributed by atoms with Crippen LogP contribution >= 0.6 is 46.4 Å². The van der Waals surface area contributed by atoms with Crippen LogP contribution in [0.15, 0.2) is 12.1 Å². The van der Waals surface area contributed by atoms with Gasteiger partial charge in [-0.3, -0.25) is 0 Å². The molecule has 3 rings (SSSR count). The van der Waals surface area contributed by atoms with E-state index in [0.717, 1.165) is 11.1 Å². The Morgan fingerprint density at radius 1 is 0.567 bits per heavy atom. The maximum atomic E-state index is 6.44. The first-order valence-electron chi connectivity index (χ1n) is 9.31. The van der Waals surface area contributed by atoms with Gasteiger partial charge in [0.1, 0.15) is 38.2 Å². The van der Waals surface area contributed by atoms with E-state index in [9.17, 15) is 0 Å². The van der Waals surface area contributed by atoms with E-state index in [1.807, 2.05) is 12.1 Å². The summed E-state index contributed by atoms with van der Waals surface area (Å²) < 4.78 is 0. The highest BCUT2D eigenvalue weighted by atomic mass is 35.5. The molecule has 0 aliphatic rings. The van der Waals surface area contributed by atoms with E-state index in [4.69, 9.17) is 56.4 Å². The second kappa shape index (κ2) is 8.36. The molecule has 2 nitrogen and oxygen atoms in total. The molecule has 0 radical (unpaired) electrons. The van der Waals surface area contributed by atoms with Gasteiger partial charge in [-0.25, -0.2) is 9.97 Å². The molecular formula is C22H20Cl4N2Si2. The SMILES string of the molecule is C[Si](C)(C)C#Cc1ccc(C#C[Si](C)(C)C)c2nc3c(Cl)c(Cl)c(Cl)c(Cl)c3nc12. The van der Waals surface area contributed by atoms with Crippen LogP contribution in [-0.2, 0) is 0 Å². The van der Waals surface area contributed by atoms with Gasteiger partial charge in [-0.15, -0.1) is 11.1 Å². The minimum atomic E-state index is -1.59. The van der Waals surface area contributed by atoms with E-state index in [0.29, 0.717) is 22.1 Å². The lowest BCUT2D eigenvalue weighted by Gasteiger charge is -2.11. The lowest BCUT2D eigenvalue weighted by molar-refractivity contribution is 1.38. The number of nitrogens with zero attached hydrogens (tertiary/aromatic N) is 2. The van der Waals surface area contributed by atoms with Crippen molar-refractivity contribution in [2.75, 3.05) is 0 Å². The Labute approximate surface area is 199 Å². The third-order valence-corrected chi connectivity index (χ3v) is 7.49. The number of hydrogen-bond donors (Lipinski definition) is 0. The molecule has 154 valence electrons. The van der Waals surface area contributed by atoms with Crippen LogP contribution in [0.2, 0.25) is 59.4 Å². The highest BCUT2D eigenvalue weighted by molar-refractivity contribution is 6.84. The lowest BCUT2D eigenvalue weighted by Crippen LogP contribution is -2.16. The standard InChI is InChI=1S/C22H20Cl4N2Si2/c1-29(2,3)11-9-13-7-8-14(10-12-30(4,5)6)20-19(13)27-21-17(25)15(23)16(24)18(26)22(21)28-20/h7-8H,1-6H3. The molecule has 0 fully saturated rings. The van der Waals surface area contributed by atoms with Crippen molar-refractivity contribution >= 4 is 84.6 Å². The smallest absolute Gasteiger partial charge is 0.129 e. The van der Waals surface area contributed by atoms with Gasteiger partial charge in [0.05, 0.1) is 31.2 Å². The highest BCUT2D eigenvalue weighted by Gasteiger charge is 2.20. The van der Waals surface area contributed by atoms with Gasteiger partial charge in [0.15, 0.2) is 0 Å². The molecule has 30 heavy (non-hydrogen) atoms. The minimum absolute atomic E-state index is 0.161. The van der Waals surface area contributed by atoms with Gasteiger partial charge in [-0.05, 0) is 12.1 Å². The zero-order valence-electron chi connectivity index (χ0n) is 17.6. The van der Waals surface area contributed by atoms with Crippen molar-refractivity contribution in [3.8, 4) is 22.9 Å². The summed E-state index contributed by atoms with van der Waals surface area (Å²) in [7, 11) is -3.18. The van der Waals surface area contributed by atoms with Gasteiger partial charge in [0.2, 0.25) is 0 Å². The molecular weight excluding hydrogens is 490 g/mol. The molecule has 1 heterocycles. The van der Waals surface area contributed by atoms with Gasteiger partial charge < -0.3 is 0 Å². The molecule has 0 spiro atoms. The summed E-state index contributed by atoms with van der Waals surface area (Å²) in [5, 5.41) is 0.763. The van der Waals surface area contributed by atoms with Crippen molar-refractivity contribution in [3.63, 3.8) is 0 Å². The molecule has 0 amide bonds. The van der Waals surface area contributed by atoms with Crippen LogP contribution in [0.3, 0.4) is 0 Å². The van der Waals surface area contributed by atoms with E-state index in [1.54, 1.807) is 0 Å². The fourth-order valence-electron chi connectivity index (χ4n) is 2.55. The Balaban J connectivity index is 2.47. The summed E-state index contributed by atoms with van der Waals surface area (Å²) in [6.07, 6.45) is 0. The zero-order chi connectivity index (χ0) is 22.4. The van der Waals surface area contributed by atoms with Gasteiger partial charge >= 0.3 is 0 Å². The first-order chi connectivity index (χ1) is 13.8. The third kappa shape index (κ3) is 4.97. The maximum absolute atomic E-state index is 6.44. The lowest BCUT2D eigenvalue weighted by atomic mass is 10.1. The summed E-state index contributed by atoms with van der Waals surface area (Å²) in [6.45, 7) is 13.1. The molecule has 0 bridgehead atoms. The number of halogens is 4. The normalized spacial score (nSPS) is 11.8. The van der Waals surface area contributed by atoms with Crippen LogP contribution < -0.4 is 0 Å². The third-order valence-electron chi connectivity index (χ3n) is 3.96. The van der Waals surface area contributed by atoms with Crippen LogP contribution in [0.4, 0.5) is 0 Å². The molecule has 0 saturated carbocycles. The van der Waals surface area contributed by atoms with E-state index in [-0.39, 0.29) is 20.1 Å². The Hall–Kier alpha value is -1.25. The number of benzene rings is 2. The molecule has 8 heteroatoms. The predicted molar refractivity (Wildman–Crippen MR) is 138 cm³/mol. The van der Waals surface area contributed by atoms with E-state index >= 15 is 0 Å². The van der Waals surface area contributed by atoms with Crippen LogP contribution in [0, 0.1) is 22.9 Å². The quantitative estimate of drug-likeness (QED) is 0.101. The fraction of sp³-hybridized carbons (Fsp3) is 0.273. The molecule has 0 unspecified atom stereocenters. The highest BCUT2D eigenvalue weighted by Crippen LogP contribution is 2.42. The predicted octanol–water partition coefficient (Wildman–Crippen LogP) is 7.85. The fourth-order valence-corrected chi connectivity index (χ4v) is 4.49. The van der Waals surface area contributed by atoms with Gasteiger partial charge in [0, 0.05) is 0 Å². The van der Waals surface area contributed by atoms with Crippen molar-refractivity contribution in [1.82, 2.24) is 9.97 Å². The topological polar surface area (TPSA) is 25.8 Å². The first-order valence-corrected chi connectivity index (χ1v) is 17.8. The van der Waals surface area contributed by atoms with Gasteiger partial charge in [0.25, 0.3) is 0 Å². The maximum Gasteiger partial charge on any atom is 0.129 e. The minimum Gasteiger partial charge on any atom is -0.241 e. The van der Waals surface area contributed by atoms with Gasteiger partial charge in [-0.1, -0.05) is 97.5 Å². The molecule has 0 N–H and O–H groups in total. The summed E-state index contributed by atoms with van der Waals surface area (Å²) in [5.41, 5.74) is 10.4. The summed E-state index contributed by atoms with van der Waals surface area (Å²) in [4.78, 5) is 9.56. The number of rotatable bonds is 0. The Morgan fingerprint density at radius 2 is 0.900 bits per heavy atom. The molecule has 2 aromatic carbocycles. The molecule has 0 aliphatic carbocycles. The molecule has 1 aromatic heterocycles. The molecule has 0 saturated heterocycles. The number of hydrogen-bond acceptors (Lipinski definition) is 2. The number of aromatic nitrogens is 2. The second-order valence-corrected chi connectivity index (χ2v) is 20.0. The Bertz CT molecular complexity index is 1210. The van der Waals surface area contributed by atoms with Gasteiger partial charge in [-0.2, -0.15) is 0 Å². The van der Waals surface area contributed by atoms with Crippen molar-refractivity contribution < 1.29 is 0 Å². The monoisotopic (exact) mass is 508 g/mol. The summed E-state index contributed by atoms with van der Waals surface area (Å²) >= 11 is 25.4. The van der Waals surface area contributed by atoms with Crippen LogP contribution in [-0.4, -0.2) is 26.1 Å². The first kappa shape index (κ1) is 23.4. The van der Waals surface area contributed by atoms with Crippen LogP contribution in [0.25, 0.3) is 22.1 Å². The van der Waals surface area contributed by atoms with Crippen molar-refractivity contribution in [2.45, 2.75) is 39.3 Å². The van der Waals surface area contributed by atoms with Crippen LogP contribution in [0.1, 0.15) is 11.1 Å². The zero-order valence-corrected chi connectivity index (χ0v) is 22.6. The van der Waals surface area contributed by atoms with Crippen molar-refractivity contribution in [3.05, 3.63) is 43.4 Å². The van der Waals surface area contributed by atoms with E-state index in [1.165, 1.54) is 0 Å².